The van der Waals surface area contributed by atoms with E-state index in [0.29, 0.717) is 11.5 Å². The van der Waals surface area contributed by atoms with Gasteiger partial charge in [-0.2, -0.15) is 0 Å². The highest BCUT2D eigenvalue weighted by molar-refractivity contribution is 6.32. The predicted octanol–water partition coefficient (Wildman–Crippen LogP) is 2.57. The lowest BCUT2D eigenvalue weighted by atomic mass is 9.94. The van der Waals surface area contributed by atoms with Crippen molar-refractivity contribution in [1.82, 2.24) is 4.98 Å². The molecule has 2 N–H and O–H groups in total. The Morgan fingerprint density at radius 1 is 1.40 bits per heavy atom. The van der Waals surface area contributed by atoms with Crippen molar-refractivity contribution in [3.05, 3.63) is 27.5 Å². The Balaban J connectivity index is 3.56. The molecular weight excluding hydrogens is 212 g/mol. The summed E-state index contributed by atoms with van der Waals surface area (Å²) < 4.78 is 0. The van der Waals surface area contributed by atoms with Crippen molar-refractivity contribution >= 4 is 17.5 Å². The number of nitrogens with zero attached hydrogens (tertiary/aromatic N) is 1. The molecule has 0 atom stereocenters. The Labute approximate surface area is 94.6 Å². The maximum absolute atomic E-state index is 11.2. The third-order valence-electron chi connectivity index (χ3n) is 2.46. The van der Waals surface area contributed by atoms with Crippen molar-refractivity contribution in [2.75, 3.05) is 0 Å². The van der Waals surface area contributed by atoms with Gasteiger partial charge in [0.05, 0.1) is 5.56 Å². The molecule has 1 amide bonds. The predicted molar refractivity (Wildman–Crippen MR) is 61.3 cm³/mol. The van der Waals surface area contributed by atoms with Crippen LogP contribution in [0.3, 0.4) is 0 Å². The van der Waals surface area contributed by atoms with E-state index in [9.17, 15) is 4.79 Å². The number of rotatable bonds is 2. The third kappa shape index (κ3) is 2.12. The van der Waals surface area contributed by atoms with Crippen LogP contribution in [0, 0.1) is 13.8 Å². The monoisotopic (exact) mass is 226 g/mol. The molecule has 1 aromatic heterocycles. The van der Waals surface area contributed by atoms with E-state index in [-0.39, 0.29) is 5.15 Å². The summed E-state index contributed by atoms with van der Waals surface area (Å²) in [6.45, 7) is 7.85. The van der Waals surface area contributed by atoms with E-state index < -0.39 is 5.91 Å². The summed E-state index contributed by atoms with van der Waals surface area (Å²) in [7, 11) is 0. The number of aromatic nitrogens is 1. The number of halogens is 1. The average Bonchev–Trinajstić information content (AvgIpc) is 1.99. The van der Waals surface area contributed by atoms with Crippen molar-refractivity contribution in [2.45, 2.75) is 33.6 Å². The van der Waals surface area contributed by atoms with Gasteiger partial charge in [-0.15, -0.1) is 0 Å². The van der Waals surface area contributed by atoms with Gasteiger partial charge in [0.15, 0.2) is 0 Å². The lowest BCUT2D eigenvalue weighted by Crippen LogP contribution is -2.16. The summed E-state index contributed by atoms with van der Waals surface area (Å²) in [5.41, 5.74) is 8.36. The quantitative estimate of drug-likeness (QED) is 0.788. The molecule has 0 fully saturated rings. The molecule has 3 nitrogen and oxygen atoms in total. The number of carbonyl (C=O) groups excluding carboxylic acids is 1. The van der Waals surface area contributed by atoms with Crippen molar-refractivity contribution in [3.63, 3.8) is 0 Å². The molecule has 0 radical (unpaired) electrons. The highest BCUT2D eigenvalue weighted by atomic mass is 35.5. The summed E-state index contributed by atoms with van der Waals surface area (Å²) in [4.78, 5) is 15.4. The number of aryl methyl sites for hydroxylation is 1. The van der Waals surface area contributed by atoms with Gasteiger partial charge in [0.2, 0.25) is 0 Å². The molecular formula is C11H15ClN2O. The van der Waals surface area contributed by atoms with Gasteiger partial charge in [0, 0.05) is 5.69 Å². The normalized spacial score (nSPS) is 10.8. The van der Waals surface area contributed by atoms with Gasteiger partial charge in [-0.05, 0) is 30.9 Å². The molecule has 0 aliphatic rings. The summed E-state index contributed by atoms with van der Waals surface area (Å²) >= 11 is 5.89. The van der Waals surface area contributed by atoms with E-state index in [2.05, 4.69) is 18.8 Å². The molecule has 0 spiro atoms. The molecule has 1 rings (SSSR count). The van der Waals surface area contributed by atoms with Gasteiger partial charge in [-0.1, -0.05) is 25.4 Å². The number of amides is 1. The summed E-state index contributed by atoms with van der Waals surface area (Å²) in [6, 6.07) is 0. The summed E-state index contributed by atoms with van der Waals surface area (Å²) in [5, 5.41) is 0.196. The van der Waals surface area contributed by atoms with Crippen LogP contribution in [-0.4, -0.2) is 10.9 Å². The fraction of sp³-hybridized carbons (Fsp3) is 0.455. The zero-order valence-electron chi connectivity index (χ0n) is 9.39. The SMILES string of the molecule is Cc1nc(Cl)c(C(N)=O)c(C)c1C(C)C. The van der Waals surface area contributed by atoms with Crippen LogP contribution >= 0.6 is 11.6 Å². The second-order valence-electron chi connectivity index (χ2n) is 3.92. The molecule has 0 aliphatic carbocycles. The van der Waals surface area contributed by atoms with E-state index in [4.69, 9.17) is 17.3 Å². The molecule has 1 heterocycles. The molecule has 1 aromatic rings. The van der Waals surface area contributed by atoms with Gasteiger partial charge in [0.25, 0.3) is 5.91 Å². The Morgan fingerprint density at radius 3 is 2.33 bits per heavy atom. The van der Waals surface area contributed by atoms with Crippen molar-refractivity contribution in [1.29, 1.82) is 0 Å². The number of hydrogen-bond acceptors (Lipinski definition) is 2. The van der Waals surface area contributed by atoms with E-state index >= 15 is 0 Å². The maximum Gasteiger partial charge on any atom is 0.252 e. The number of carbonyl (C=O) groups is 1. The maximum atomic E-state index is 11.2. The van der Waals surface area contributed by atoms with Gasteiger partial charge in [0.1, 0.15) is 5.15 Å². The number of primary amides is 1. The number of pyridine rings is 1. The van der Waals surface area contributed by atoms with Gasteiger partial charge in [-0.25, -0.2) is 4.98 Å². The molecule has 4 heteroatoms. The van der Waals surface area contributed by atoms with Crippen LogP contribution in [0.4, 0.5) is 0 Å². The first-order valence-electron chi connectivity index (χ1n) is 4.82. The van der Waals surface area contributed by atoms with Gasteiger partial charge >= 0.3 is 0 Å². The van der Waals surface area contributed by atoms with Crippen LogP contribution in [0.2, 0.25) is 5.15 Å². The van der Waals surface area contributed by atoms with E-state index in [0.717, 1.165) is 16.8 Å². The minimum Gasteiger partial charge on any atom is -0.365 e. The smallest absolute Gasteiger partial charge is 0.252 e. The zero-order valence-corrected chi connectivity index (χ0v) is 10.1. The number of hydrogen-bond donors (Lipinski definition) is 1. The molecule has 82 valence electrons. The van der Waals surface area contributed by atoms with E-state index in [1.807, 2.05) is 13.8 Å². The van der Waals surface area contributed by atoms with Gasteiger partial charge in [-0.3, -0.25) is 4.79 Å². The molecule has 15 heavy (non-hydrogen) atoms. The Bertz CT molecular complexity index is 414. The second-order valence-corrected chi connectivity index (χ2v) is 4.28. The van der Waals surface area contributed by atoms with Crippen LogP contribution in [0.15, 0.2) is 0 Å². The lowest BCUT2D eigenvalue weighted by Gasteiger charge is -2.16. The first-order valence-corrected chi connectivity index (χ1v) is 5.20. The first kappa shape index (κ1) is 12.0. The van der Waals surface area contributed by atoms with Crippen LogP contribution in [0.1, 0.15) is 46.9 Å². The molecule has 0 unspecified atom stereocenters. The summed E-state index contributed by atoms with van der Waals surface area (Å²) in [5.74, 6) is -0.222. The molecule has 0 bridgehead atoms. The standard InChI is InChI=1S/C11H15ClN2O/c1-5(2)8-6(3)9(11(13)15)10(12)14-7(8)4/h5H,1-4H3,(H2,13,15). The minimum atomic E-state index is -0.521. The fourth-order valence-corrected chi connectivity index (χ4v) is 2.32. The third-order valence-corrected chi connectivity index (χ3v) is 2.74. The zero-order chi connectivity index (χ0) is 11.7. The van der Waals surface area contributed by atoms with Crippen molar-refractivity contribution in [2.24, 2.45) is 5.73 Å². The second kappa shape index (κ2) is 4.19. The lowest BCUT2D eigenvalue weighted by molar-refractivity contribution is 0.0999. The van der Waals surface area contributed by atoms with Crippen molar-refractivity contribution < 1.29 is 4.79 Å². The molecule has 0 aliphatic heterocycles. The topological polar surface area (TPSA) is 56.0 Å². The average molecular weight is 227 g/mol. The summed E-state index contributed by atoms with van der Waals surface area (Å²) in [6.07, 6.45) is 0. The fourth-order valence-electron chi connectivity index (χ4n) is 1.96. The van der Waals surface area contributed by atoms with Gasteiger partial charge < -0.3 is 5.73 Å². The highest BCUT2D eigenvalue weighted by Crippen LogP contribution is 2.28. The number of nitrogens with two attached hydrogens (primary N) is 1. The van der Waals surface area contributed by atoms with E-state index in [1.54, 1.807) is 0 Å². The molecule has 0 saturated carbocycles. The molecule has 0 saturated heterocycles. The Hall–Kier alpha value is -1.09. The van der Waals surface area contributed by atoms with Crippen LogP contribution in [-0.2, 0) is 0 Å². The highest BCUT2D eigenvalue weighted by Gasteiger charge is 2.18. The Morgan fingerprint density at radius 2 is 1.93 bits per heavy atom. The van der Waals surface area contributed by atoms with Crippen LogP contribution in [0.25, 0.3) is 0 Å². The van der Waals surface area contributed by atoms with Crippen molar-refractivity contribution in [3.8, 4) is 0 Å². The van der Waals surface area contributed by atoms with Crippen LogP contribution in [0.5, 0.6) is 0 Å². The van der Waals surface area contributed by atoms with Crippen LogP contribution < -0.4 is 5.73 Å². The molecule has 0 aromatic carbocycles. The largest absolute Gasteiger partial charge is 0.365 e. The Kier molecular flexibility index (Phi) is 3.35. The minimum absolute atomic E-state index is 0.196. The van der Waals surface area contributed by atoms with E-state index in [1.165, 1.54) is 0 Å². The first-order chi connectivity index (χ1) is 6.86.